The summed E-state index contributed by atoms with van der Waals surface area (Å²) in [7, 11) is 2.19. The van der Waals surface area contributed by atoms with Crippen LogP contribution in [0.5, 0.6) is 0 Å². The van der Waals surface area contributed by atoms with Gasteiger partial charge in [-0.3, -0.25) is 4.90 Å². The second-order valence-corrected chi connectivity index (χ2v) is 6.88. The fourth-order valence-corrected chi connectivity index (χ4v) is 4.21. The van der Waals surface area contributed by atoms with E-state index in [1.54, 1.807) is 0 Å². The van der Waals surface area contributed by atoms with Crippen molar-refractivity contribution in [3.05, 3.63) is 0 Å². The Hall–Kier alpha value is -0.160. The van der Waals surface area contributed by atoms with Crippen LogP contribution >= 0.6 is 0 Å². The van der Waals surface area contributed by atoms with E-state index in [4.69, 9.17) is 15.2 Å². The first-order valence-electron chi connectivity index (χ1n) is 7.15. The molecule has 2 saturated heterocycles. The molecule has 1 aliphatic carbocycles. The lowest BCUT2D eigenvalue weighted by molar-refractivity contribution is -0.163. The molecule has 2 aliphatic heterocycles. The molecule has 4 nitrogen and oxygen atoms in total. The van der Waals surface area contributed by atoms with Crippen molar-refractivity contribution in [3.63, 3.8) is 0 Å². The fraction of sp³-hybridized carbons (Fsp3) is 1.00. The molecule has 3 aliphatic rings. The molecule has 2 heterocycles. The zero-order valence-corrected chi connectivity index (χ0v) is 11.8. The van der Waals surface area contributed by atoms with Gasteiger partial charge in [0.15, 0.2) is 0 Å². The summed E-state index contributed by atoms with van der Waals surface area (Å²) in [5.74, 6) is 0.539. The van der Waals surface area contributed by atoms with Crippen molar-refractivity contribution in [1.29, 1.82) is 0 Å². The van der Waals surface area contributed by atoms with Gasteiger partial charge in [0.25, 0.3) is 0 Å². The Morgan fingerprint density at radius 1 is 1.28 bits per heavy atom. The van der Waals surface area contributed by atoms with Gasteiger partial charge in [-0.15, -0.1) is 0 Å². The third kappa shape index (κ3) is 1.59. The number of nitrogens with two attached hydrogens (primary N) is 1. The molecule has 3 rings (SSSR count). The van der Waals surface area contributed by atoms with Gasteiger partial charge in [0.1, 0.15) is 0 Å². The molecule has 18 heavy (non-hydrogen) atoms. The Labute approximate surface area is 110 Å². The maximum Gasteiger partial charge on any atom is 0.0691 e. The number of hydrogen-bond donors (Lipinski definition) is 1. The molecule has 0 spiro atoms. The van der Waals surface area contributed by atoms with E-state index in [1.807, 2.05) is 0 Å². The fourth-order valence-electron chi connectivity index (χ4n) is 4.21. The lowest BCUT2D eigenvalue weighted by Gasteiger charge is -2.63. The summed E-state index contributed by atoms with van der Waals surface area (Å²) in [5.41, 5.74) is 6.75. The van der Waals surface area contributed by atoms with Gasteiger partial charge >= 0.3 is 0 Å². The Morgan fingerprint density at radius 2 is 2.06 bits per heavy atom. The van der Waals surface area contributed by atoms with Crippen LogP contribution in [0.2, 0.25) is 0 Å². The van der Waals surface area contributed by atoms with E-state index in [0.29, 0.717) is 18.1 Å². The summed E-state index contributed by atoms with van der Waals surface area (Å²) < 4.78 is 11.3. The molecule has 4 unspecified atom stereocenters. The van der Waals surface area contributed by atoms with E-state index in [9.17, 15) is 0 Å². The molecule has 1 saturated carbocycles. The van der Waals surface area contributed by atoms with E-state index < -0.39 is 0 Å². The second-order valence-electron chi connectivity index (χ2n) is 6.88. The summed E-state index contributed by atoms with van der Waals surface area (Å²) in [4.78, 5) is 2.41. The summed E-state index contributed by atoms with van der Waals surface area (Å²) in [5, 5.41) is 0. The minimum Gasteiger partial charge on any atom is -0.380 e. The topological polar surface area (TPSA) is 47.7 Å². The molecule has 3 fully saturated rings. The number of nitrogens with zero attached hydrogens (tertiary/aromatic N) is 1. The van der Waals surface area contributed by atoms with E-state index >= 15 is 0 Å². The lowest BCUT2D eigenvalue weighted by Crippen LogP contribution is -2.78. The highest BCUT2D eigenvalue weighted by Gasteiger charge is 2.67. The van der Waals surface area contributed by atoms with Crippen molar-refractivity contribution < 1.29 is 9.47 Å². The van der Waals surface area contributed by atoms with Crippen LogP contribution in [0.15, 0.2) is 0 Å². The van der Waals surface area contributed by atoms with Crippen LogP contribution in [0.25, 0.3) is 0 Å². The summed E-state index contributed by atoms with van der Waals surface area (Å²) >= 11 is 0. The van der Waals surface area contributed by atoms with Crippen LogP contribution < -0.4 is 5.73 Å². The van der Waals surface area contributed by atoms with Crippen molar-refractivity contribution >= 4 is 0 Å². The predicted molar refractivity (Wildman–Crippen MR) is 70.4 cm³/mol. The van der Waals surface area contributed by atoms with Crippen molar-refractivity contribution in [3.8, 4) is 0 Å². The molecule has 0 radical (unpaired) electrons. The average molecular weight is 254 g/mol. The molecule has 4 heteroatoms. The summed E-state index contributed by atoms with van der Waals surface area (Å²) in [6.45, 7) is 8.12. The van der Waals surface area contributed by atoms with E-state index in [-0.39, 0.29) is 11.0 Å². The Bertz CT molecular complexity index is 328. The van der Waals surface area contributed by atoms with Gasteiger partial charge in [0.2, 0.25) is 0 Å². The minimum atomic E-state index is -0.106. The van der Waals surface area contributed by atoms with Gasteiger partial charge in [0, 0.05) is 42.7 Å². The van der Waals surface area contributed by atoms with Gasteiger partial charge in [-0.25, -0.2) is 0 Å². The average Bonchev–Trinajstić information content (AvgIpc) is 2.99. The molecule has 0 bridgehead atoms. The third-order valence-corrected chi connectivity index (χ3v) is 5.70. The van der Waals surface area contributed by atoms with Crippen LogP contribution in [0.1, 0.15) is 26.7 Å². The molecule has 4 atom stereocenters. The molecule has 0 aromatic rings. The molecule has 0 aromatic carbocycles. The van der Waals surface area contributed by atoms with Gasteiger partial charge in [-0.2, -0.15) is 0 Å². The number of rotatable bonds is 3. The van der Waals surface area contributed by atoms with Crippen molar-refractivity contribution in [2.24, 2.45) is 17.1 Å². The van der Waals surface area contributed by atoms with Gasteiger partial charge in [-0.1, -0.05) is 13.8 Å². The number of ether oxygens (including phenoxy) is 2. The van der Waals surface area contributed by atoms with Crippen LogP contribution in [-0.2, 0) is 9.47 Å². The largest absolute Gasteiger partial charge is 0.380 e. The minimum absolute atomic E-state index is 0.0852. The van der Waals surface area contributed by atoms with Crippen LogP contribution in [0, 0.1) is 11.3 Å². The van der Waals surface area contributed by atoms with Crippen LogP contribution in [0.3, 0.4) is 0 Å². The Balaban J connectivity index is 1.70. The van der Waals surface area contributed by atoms with E-state index in [0.717, 1.165) is 39.2 Å². The number of hydrogen-bond acceptors (Lipinski definition) is 4. The highest BCUT2D eigenvalue weighted by atomic mass is 16.5. The molecule has 2 N–H and O–H groups in total. The first-order chi connectivity index (χ1) is 8.47. The first-order valence-corrected chi connectivity index (χ1v) is 7.15. The maximum absolute atomic E-state index is 6.77. The quantitative estimate of drug-likeness (QED) is 0.811. The van der Waals surface area contributed by atoms with Gasteiger partial charge in [0.05, 0.1) is 12.7 Å². The lowest BCUT2D eigenvalue weighted by atomic mass is 9.48. The van der Waals surface area contributed by atoms with Crippen molar-refractivity contribution in [2.75, 3.05) is 33.4 Å². The zero-order chi connectivity index (χ0) is 13.0. The summed E-state index contributed by atoms with van der Waals surface area (Å²) in [6.07, 6.45) is 2.63. The highest BCUT2D eigenvalue weighted by Crippen LogP contribution is 2.58. The molecule has 0 amide bonds. The predicted octanol–water partition coefficient (Wildman–Crippen LogP) is 0.850. The highest BCUT2D eigenvalue weighted by molar-refractivity contribution is 5.21. The Morgan fingerprint density at radius 3 is 2.72 bits per heavy atom. The van der Waals surface area contributed by atoms with E-state index in [2.05, 4.69) is 25.8 Å². The normalized spacial score (nSPS) is 46.2. The molecule has 104 valence electrons. The first kappa shape index (κ1) is 12.9. The van der Waals surface area contributed by atoms with Gasteiger partial charge in [-0.05, 0) is 19.9 Å². The SMILES string of the molecule is CN(CC1(N)C2CCOC2C1(C)C)C1CCOC1. The van der Waals surface area contributed by atoms with Crippen molar-refractivity contribution in [1.82, 2.24) is 4.90 Å². The standard InChI is InChI=1S/C14H26N2O2/c1-13(2)12-11(5-7-18-12)14(13,15)9-16(3)10-4-6-17-8-10/h10-12H,4-9,15H2,1-3H3. The molecular formula is C14H26N2O2. The van der Waals surface area contributed by atoms with Crippen LogP contribution in [-0.4, -0.2) is 56.0 Å². The monoisotopic (exact) mass is 254 g/mol. The maximum atomic E-state index is 6.77. The third-order valence-electron chi connectivity index (χ3n) is 5.70. The zero-order valence-electron chi connectivity index (χ0n) is 11.8. The summed E-state index contributed by atoms with van der Waals surface area (Å²) in [6, 6.07) is 0.544. The van der Waals surface area contributed by atoms with Crippen LogP contribution in [0.4, 0.5) is 0 Å². The van der Waals surface area contributed by atoms with E-state index in [1.165, 1.54) is 0 Å². The van der Waals surface area contributed by atoms with Crippen molar-refractivity contribution in [2.45, 2.75) is 44.4 Å². The number of fused-ring (bicyclic) bond motifs is 1. The second kappa shape index (κ2) is 4.17. The Kier molecular flexibility index (Phi) is 2.98. The smallest absolute Gasteiger partial charge is 0.0691 e. The number of likely N-dealkylation sites (N-methyl/N-ethyl adjacent to an activating group) is 1. The molecule has 0 aromatic heterocycles. The molecular weight excluding hydrogens is 228 g/mol. The van der Waals surface area contributed by atoms with Gasteiger partial charge < -0.3 is 15.2 Å².